The molecule has 3 rings (SSSR count). The summed E-state index contributed by atoms with van der Waals surface area (Å²) in [6, 6.07) is 9.56. The molecule has 2 amide bonds. The molecular formula is C19H24N2O4. The van der Waals surface area contributed by atoms with E-state index in [1.165, 1.54) is 0 Å². The van der Waals surface area contributed by atoms with Crippen LogP contribution in [-0.4, -0.2) is 50.4 Å². The molecule has 0 radical (unpaired) electrons. The zero-order valence-corrected chi connectivity index (χ0v) is 14.9. The number of amides is 2. The molecule has 25 heavy (non-hydrogen) atoms. The van der Waals surface area contributed by atoms with Crippen molar-refractivity contribution in [3.8, 4) is 11.3 Å². The van der Waals surface area contributed by atoms with E-state index in [9.17, 15) is 4.79 Å². The fraction of sp³-hybridized carbons (Fsp3) is 0.421. The fourth-order valence-electron chi connectivity index (χ4n) is 2.94. The summed E-state index contributed by atoms with van der Waals surface area (Å²) < 4.78 is 16.3. The third kappa shape index (κ3) is 4.03. The largest absolute Gasteiger partial charge is 0.461 e. The van der Waals surface area contributed by atoms with Crippen LogP contribution >= 0.6 is 0 Å². The Balaban J connectivity index is 1.78. The summed E-state index contributed by atoms with van der Waals surface area (Å²) in [5.41, 5.74) is 2.71. The van der Waals surface area contributed by atoms with Crippen molar-refractivity contribution < 1.29 is 18.7 Å². The van der Waals surface area contributed by atoms with E-state index in [4.69, 9.17) is 13.9 Å². The average Bonchev–Trinajstić information content (AvgIpc) is 3.04. The number of morpholine rings is 1. The van der Waals surface area contributed by atoms with Crippen molar-refractivity contribution in [1.82, 2.24) is 4.90 Å². The van der Waals surface area contributed by atoms with Gasteiger partial charge in [-0.25, -0.2) is 4.79 Å². The molecule has 1 aromatic heterocycles. The van der Waals surface area contributed by atoms with E-state index in [2.05, 4.69) is 5.32 Å². The van der Waals surface area contributed by atoms with E-state index in [-0.39, 0.29) is 12.1 Å². The van der Waals surface area contributed by atoms with Gasteiger partial charge in [0.25, 0.3) is 0 Å². The summed E-state index contributed by atoms with van der Waals surface area (Å²) in [6.07, 6.45) is 0. The molecule has 1 atom stereocenters. The summed E-state index contributed by atoms with van der Waals surface area (Å²) in [5.74, 6) is 1.65. The third-order valence-electron chi connectivity index (χ3n) is 4.35. The van der Waals surface area contributed by atoms with Gasteiger partial charge >= 0.3 is 6.03 Å². The molecule has 6 nitrogen and oxygen atoms in total. The van der Waals surface area contributed by atoms with Crippen LogP contribution in [0.2, 0.25) is 0 Å². The molecule has 1 saturated heterocycles. The number of hydrogen-bond donors (Lipinski definition) is 1. The van der Waals surface area contributed by atoms with E-state index in [1.807, 2.05) is 44.2 Å². The second-order valence-electron chi connectivity index (χ2n) is 6.25. The lowest BCUT2D eigenvalue weighted by Crippen LogP contribution is -2.52. The van der Waals surface area contributed by atoms with Gasteiger partial charge in [-0.05, 0) is 37.6 Å². The molecule has 134 valence electrons. The Morgan fingerprint density at radius 3 is 2.88 bits per heavy atom. The Morgan fingerprint density at radius 1 is 1.32 bits per heavy atom. The van der Waals surface area contributed by atoms with Gasteiger partial charge in [0, 0.05) is 24.9 Å². The summed E-state index contributed by atoms with van der Waals surface area (Å²) >= 11 is 0. The predicted octanol–water partition coefficient (Wildman–Crippen LogP) is 3.44. The molecule has 1 aliphatic heterocycles. The summed E-state index contributed by atoms with van der Waals surface area (Å²) in [4.78, 5) is 14.5. The molecule has 1 fully saturated rings. The lowest BCUT2D eigenvalue weighted by atomic mass is 10.1. The number of ether oxygens (including phenoxy) is 2. The number of carbonyl (C=O) groups is 1. The Hall–Kier alpha value is -2.31. The number of benzene rings is 1. The second-order valence-corrected chi connectivity index (χ2v) is 6.25. The molecular weight excluding hydrogens is 320 g/mol. The number of carbonyl (C=O) groups excluding carboxylic acids is 1. The van der Waals surface area contributed by atoms with Gasteiger partial charge in [-0.1, -0.05) is 12.1 Å². The van der Waals surface area contributed by atoms with Crippen molar-refractivity contribution in [1.29, 1.82) is 0 Å². The highest BCUT2D eigenvalue weighted by molar-refractivity contribution is 5.91. The van der Waals surface area contributed by atoms with Crippen molar-refractivity contribution in [3.63, 3.8) is 0 Å². The van der Waals surface area contributed by atoms with Gasteiger partial charge in [-0.2, -0.15) is 0 Å². The average molecular weight is 344 g/mol. The first-order chi connectivity index (χ1) is 12.1. The first-order valence-corrected chi connectivity index (χ1v) is 8.40. The normalized spacial score (nSPS) is 17.6. The molecule has 1 aromatic carbocycles. The van der Waals surface area contributed by atoms with Crippen molar-refractivity contribution in [3.05, 3.63) is 41.7 Å². The SMILES string of the molecule is COCC1COCCN1C(=O)Nc1cc(-c2ccc(C)o2)ccc1C. The van der Waals surface area contributed by atoms with Crippen LogP contribution in [0.5, 0.6) is 0 Å². The van der Waals surface area contributed by atoms with Gasteiger partial charge < -0.3 is 24.1 Å². The molecule has 2 aromatic rings. The third-order valence-corrected chi connectivity index (χ3v) is 4.35. The van der Waals surface area contributed by atoms with Crippen molar-refractivity contribution >= 4 is 11.7 Å². The molecule has 2 heterocycles. The number of anilines is 1. The Morgan fingerprint density at radius 2 is 2.16 bits per heavy atom. The quantitative estimate of drug-likeness (QED) is 0.923. The van der Waals surface area contributed by atoms with E-state index in [0.29, 0.717) is 26.4 Å². The number of aryl methyl sites for hydroxylation is 2. The molecule has 1 N–H and O–H groups in total. The van der Waals surface area contributed by atoms with Gasteiger partial charge in [0.05, 0.1) is 25.9 Å². The number of rotatable bonds is 4. The summed E-state index contributed by atoms with van der Waals surface area (Å²) in [7, 11) is 1.63. The van der Waals surface area contributed by atoms with Gasteiger partial charge in [0.2, 0.25) is 0 Å². The van der Waals surface area contributed by atoms with Crippen LogP contribution in [-0.2, 0) is 9.47 Å². The monoisotopic (exact) mass is 344 g/mol. The molecule has 0 saturated carbocycles. The Labute approximate surface area is 147 Å². The zero-order chi connectivity index (χ0) is 17.8. The topological polar surface area (TPSA) is 63.9 Å². The molecule has 0 bridgehead atoms. The van der Waals surface area contributed by atoms with Gasteiger partial charge in [0.1, 0.15) is 11.5 Å². The molecule has 0 spiro atoms. The molecule has 1 unspecified atom stereocenters. The highest BCUT2D eigenvalue weighted by Crippen LogP contribution is 2.27. The minimum absolute atomic E-state index is 0.0741. The van der Waals surface area contributed by atoms with Crippen LogP contribution in [0.3, 0.4) is 0 Å². The maximum absolute atomic E-state index is 12.7. The number of nitrogens with zero attached hydrogens (tertiary/aromatic N) is 1. The van der Waals surface area contributed by atoms with E-state index in [0.717, 1.165) is 28.3 Å². The summed E-state index contributed by atoms with van der Waals surface area (Å²) in [6.45, 7) is 5.92. The first-order valence-electron chi connectivity index (χ1n) is 8.40. The fourth-order valence-corrected chi connectivity index (χ4v) is 2.94. The number of urea groups is 1. The smallest absolute Gasteiger partial charge is 0.322 e. The zero-order valence-electron chi connectivity index (χ0n) is 14.9. The Kier molecular flexibility index (Phi) is 5.40. The number of nitrogens with one attached hydrogen (secondary N) is 1. The van der Waals surface area contributed by atoms with Gasteiger partial charge in [0.15, 0.2) is 0 Å². The lowest BCUT2D eigenvalue weighted by Gasteiger charge is -2.35. The van der Waals surface area contributed by atoms with Crippen LogP contribution in [0.4, 0.5) is 10.5 Å². The van der Waals surface area contributed by atoms with E-state index >= 15 is 0 Å². The Bertz CT molecular complexity index is 739. The minimum atomic E-state index is -0.138. The molecule has 0 aliphatic carbocycles. The van der Waals surface area contributed by atoms with Crippen molar-refractivity contribution in [2.75, 3.05) is 38.8 Å². The van der Waals surface area contributed by atoms with E-state index < -0.39 is 0 Å². The van der Waals surface area contributed by atoms with Crippen LogP contribution in [0.1, 0.15) is 11.3 Å². The van der Waals surface area contributed by atoms with Gasteiger partial charge in [-0.15, -0.1) is 0 Å². The van der Waals surface area contributed by atoms with Crippen molar-refractivity contribution in [2.24, 2.45) is 0 Å². The van der Waals surface area contributed by atoms with E-state index in [1.54, 1.807) is 12.0 Å². The number of furan rings is 1. The molecule has 1 aliphatic rings. The second kappa shape index (κ2) is 7.72. The highest BCUT2D eigenvalue weighted by atomic mass is 16.5. The minimum Gasteiger partial charge on any atom is -0.461 e. The van der Waals surface area contributed by atoms with Crippen LogP contribution < -0.4 is 5.32 Å². The van der Waals surface area contributed by atoms with Crippen molar-refractivity contribution in [2.45, 2.75) is 19.9 Å². The highest BCUT2D eigenvalue weighted by Gasteiger charge is 2.27. The van der Waals surface area contributed by atoms with Crippen LogP contribution in [0, 0.1) is 13.8 Å². The maximum Gasteiger partial charge on any atom is 0.322 e. The standard InChI is InChI=1S/C19H24N2O4/c1-13-4-6-15(18-7-5-14(2)25-18)10-17(13)20-19(22)21-8-9-24-12-16(21)11-23-3/h4-7,10,16H,8-9,11-12H2,1-3H3,(H,20,22). The van der Waals surface area contributed by atoms with Crippen LogP contribution in [0.15, 0.2) is 34.7 Å². The lowest BCUT2D eigenvalue weighted by molar-refractivity contribution is -0.0133. The number of hydrogen-bond acceptors (Lipinski definition) is 4. The van der Waals surface area contributed by atoms with Crippen LogP contribution in [0.25, 0.3) is 11.3 Å². The molecule has 6 heteroatoms. The first kappa shape index (κ1) is 17.5. The summed E-state index contributed by atoms with van der Waals surface area (Å²) in [5, 5.41) is 3.02. The number of methoxy groups -OCH3 is 1. The predicted molar refractivity (Wildman–Crippen MR) is 95.8 cm³/mol. The maximum atomic E-state index is 12.7. The van der Waals surface area contributed by atoms with Gasteiger partial charge in [-0.3, -0.25) is 0 Å².